The Kier molecular flexibility index (Phi) is 7.68. The van der Waals surface area contributed by atoms with Gasteiger partial charge in [-0.1, -0.05) is 11.6 Å². The van der Waals surface area contributed by atoms with Crippen LogP contribution in [0, 0.1) is 5.41 Å². The number of halogens is 1. The molecule has 2 aromatic heterocycles. The third-order valence-corrected chi connectivity index (χ3v) is 9.78. The van der Waals surface area contributed by atoms with E-state index in [0.717, 1.165) is 11.2 Å². The first-order valence-electron chi connectivity index (χ1n) is 13.1. The van der Waals surface area contributed by atoms with Crippen molar-refractivity contribution in [3.8, 4) is 0 Å². The van der Waals surface area contributed by atoms with Gasteiger partial charge in [-0.3, -0.25) is 43.5 Å². The van der Waals surface area contributed by atoms with Crippen LogP contribution in [0.1, 0.15) is 6.23 Å². The Bertz CT molecular complexity index is 1730. The molecule has 2 aromatic rings. The zero-order valence-electron chi connectivity index (χ0n) is 22.3. The third-order valence-electron chi connectivity index (χ3n) is 7.51. The van der Waals surface area contributed by atoms with Crippen LogP contribution in [0.25, 0.3) is 11.0 Å². The second-order valence-corrected chi connectivity index (χ2v) is 13.5. The van der Waals surface area contributed by atoms with Gasteiger partial charge in [0, 0.05) is 6.20 Å². The number of ether oxygens (including phenoxy) is 2. The summed E-state index contributed by atoms with van der Waals surface area (Å²) < 4.78 is 60.1. The molecular weight excluding hydrogens is 670 g/mol. The third kappa shape index (κ3) is 5.52. The zero-order chi connectivity index (χ0) is 31.8. The average molecular weight is 693 g/mol. The Hall–Kier alpha value is -2.75. The molecule has 0 saturated carbocycles. The van der Waals surface area contributed by atoms with Crippen LogP contribution < -0.4 is 5.32 Å². The van der Waals surface area contributed by atoms with Crippen molar-refractivity contribution in [2.24, 2.45) is 9.98 Å². The second kappa shape index (κ2) is 11.2. The number of hydrogen-bond donors (Lipinski definition) is 6. The minimum Gasteiger partial charge on any atom is -0.387 e. The summed E-state index contributed by atoms with van der Waals surface area (Å²) in [6.45, 7) is -1.63. The summed E-state index contributed by atoms with van der Waals surface area (Å²) in [4.78, 5) is 50.6. The number of nitrogens with one attached hydrogen (secondary N) is 2. The van der Waals surface area contributed by atoms with E-state index < -0.39 is 95.8 Å². The Balaban J connectivity index is 1.17. The number of carbonyl (C=O) groups excluding carboxylic acids is 1. The summed E-state index contributed by atoms with van der Waals surface area (Å²) in [5.41, 5.74) is 0.241. The molecule has 7 heterocycles. The van der Waals surface area contributed by atoms with Gasteiger partial charge in [0.25, 0.3) is 5.91 Å². The van der Waals surface area contributed by atoms with E-state index in [1.54, 1.807) is 6.07 Å². The normalized spacial score (nSPS) is 42.0. The molecule has 3 fully saturated rings. The molecular formula is C21H23ClN8O13P2. The summed E-state index contributed by atoms with van der Waals surface area (Å²) in [7, 11) is -10.2. The van der Waals surface area contributed by atoms with Crippen molar-refractivity contribution in [1.29, 1.82) is 5.41 Å². The van der Waals surface area contributed by atoms with Crippen molar-refractivity contribution >= 4 is 62.3 Å². The molecule has 21 nitrogen and oxygen atoms in total. The lowest BCUT2D eigenvalue weighted by Crippen LogP contribution is -2.53. The molecule has 24 heteroatoms. The molecule has 0 radical (unpaired) electrons. The molecule has 0 aliphatic carbocycles. The lowest BCUT2D eigenvalue weighted by atomic mass is 10.1. The SMILES string of the molecule is N=C1N=C2C(N=CN2[C@@H]2O[C@@H]3COP(=O)(O)O[C@H]4[C@@H](O)[C@H](n5ccc6c(Cl)ncnc65)O[C@@H]4COP(=O)(O)O[C@@H]2[C@@H]3O)C(=O)N1. The van der Waals surface area contributed by atoms with Gasteiger partial charge in [0.2, 0.25) is 5.96 Å². The van der Waals surface area contributed by atoms with Crippen molar-refractivity contribution in [3.63, 3.8) is 0 Å². The van der Waals surface area contributed by atoms with E-state index in [1.807, 2.05) is 0 Å². The Labute approximate surface area is 256 Å². The number of nitrogens with zero attached hydrogens (tertiary/aromatic N) is 6. The highest BCUT2D eigenvalue weighted by Gasteiger charge is 2.56. The highest BCUT2D eigenvalue weighted by Crippen LogP contribution is 2.53. The van der Waals surface area contributed by atoms with E-state index in [1.165, 1.54) is 17.1 Å². The number of aliphatic hydroxyl groups excluding tert-OH is 2. The van der Waals surface area contributed by atoms with Gasteiger partial charge in [-0.05, 0) is 6.07 Å². The van der Waals surface area contributed by atoms with Gasteiger partial charge in [-0.25, -0.2) is 19.1 Å². The fraction of sp³-hybridized carbons (Fsp3) is 0.524. The smallest absolute Gasteiger partial charge is 0.387 e. The number of amidine groups is 1. The molecule has 2 bridgehead atoms. The summed E-state index contributed by atoms with van der Waals surface area (Å²) in [5.74, 6) is -1.29. The number of aromatic nitrogens is 3. The fourth-order valence-electron chi connectivity index (χ4n) is 5.49. The molecule has 11 atom stereocenters. The van der Waals surface area contributed by atoms with Crippen molar-refractivity contribution in [1.82, 2.24) is 24.8 Å². The molecule has 7 rings (SSSR count). The van der Waals surface area contributed by atoms with E-state index in [2.05, 4.69) is 25.3 Å². The predicted octanol–water partition coefficient (Wildman–Crippen LogP) is -1.38. The highest BCUT2D eigenvalue weighted by molar-refractivity contribution is 7.47. The Morgan fingerprint density at radius 3 is 2.44 bits per heavy atom. The van der Waals surface area contributed by atoms with Crippen LogP contribution in [0.4, 0.5) is 0 Å². The maximum Gasteiger partial charge on any atom is 0.472 e. The topological polar surface area (TPSA) is 282 Å². The first-order chi connectivity index (χ1) is 21.3. The second-order valence-electron chi connectivity index (χ2n) is 10.3. The van der Waals surface area contributed by atoms with Gasteiger partial charge in [-0.15, -0.1) is 0 Å². The van der Waals surface area contributed by atoms with Gasteiger partial charge in [0.15, 0.2) is 24.3 Å². The quantitative estimate of drug-likeness (QED) is 0.156. The Morgan fingerprint density at radius 1 is 1.00 bits per heavy atom. The molecule has 242 valence electrons. The van der Waals surface area contributed by atoms with Crippen LogP contribution in [-0.2, 0) is 41.5 Å². The van der Waals surface area contributed by atoms with Crippen LogP contribution >= 0.6 is 27.2 Å². The molecule has 5 aliphatic rings. The number of guanidine groups is 1. The average Bonchev–Trinajstić information content (AvgIpc) is 3.72. The highest BCUT2D eigenvalue weighted by atomic mass is 35.5. The number of carbonyl (C=O) groups is 1. The summed E-state index contributed by atoms with van der Waals surface area (Å²) in [6.07, 6.45) is -8.78. The number of fused-ring (bicyclic) bond motifs is 5. The summed E-state index contributed by atoms with van der Waals surface area (Å²) in [6, 6.07) is 0.370. The lowest BCUT2D eigenvalue weighted by molar-refractivity contribution is -0.119. The molecule has 0 aromatic carbocycles. The first kappa shape index (κ1) is 30.9. The number of rotatable bonds is 2. The van der Waals surface area contributed by atoms with E-state index in [-0.39, 0.29) is 16.6 Å². The first-order valence-corrected chi connectivity index (χ1v) is 16.4. The van der Waals surface area contributed by atoms with Crippen LogP contribution in [-0.4, -0.2) is 126 Å². The van der Waals surface area contributed by atoms with E-state index in [4.69, 9.17) is 44.6 Å². The van der Waals surface area contributed by atoms with Crippen LogP contribution in [0.2, 0.25) is 5.15 Å². The van der Waals surface area contributed by atoms with Gasteiger partial charge in [0.1, 0.15) is 53.8 Å². The van der Waals surface area contributed by atoms with Crippen molar-refractivity contribution in [3.05, 3.63) is 23.7 Å². The molecule has 6 N–H and O–H groups in total. The monoisotopic (exact) mass is 692 g/mol. The summed E-state index contributed by atoms with van der Waals surface area (Å²) >= 11 is 6.12. The van der Waals surface area contributed by atoms with Crippen molar-refractivity contribution < 1.29 is 61.5 Å². The molecule has 1 amide bonds. The molecule has 0 spiro atoms. The minimum absolute atomic E-state index is 0.103. The predicted molar refractivity (Wildman–Crippen MR) is 146 cm³/mol. The maximum absolute atomic E-state index is 13.2. The lowest BCUT2D eigenvalue weighted by Gasteiger charge is -2.31. The number of phosphoric ester groups is 2. The molecule has 3 unspecified atom stereocenters. The fourth-order valence-corrected chi connectivity index (χ4v) is 7.58. The van der Waals surface area contributed by atoms with Gasteiger partial charge in [-0.2, -0.15) is 4.99 Å². The number of phosphoric acid groups is 2. The number of aliphatic hydroxyl groups is 2. The van der Waals surface area contributed by atoms with Crippen molar-refractivity contribution in [2.45, 2.75) is 55.1 Å². The van der Waals surface area contributed by atoms with E-state index in [0.29, 0.717) is 5.39 Å². The molecule has 5 aliphatic heterocycles. The number of amides is 1. The van der Waals surface area contributed by atoms with Crippen LogP contribution in [0.15, 0.2) is 28.6 Å². The van der Waals surface area contributed by atoms with Gasteiger partial charge < -0.3 is 34.0 Å². The zero-order valence-corrected chi connectivity index (χ0v) is 24.9. The van der Waals surface area contributed by atoms with E-state index in [9.17, 15) is 33.9 Å². The Morgan fingerprint density at radius 2 is 1.69 bits per heavy atom. The minimum atomic E-state index is -5.11. The standard InChI is InChI=1S/C21H23ClN8O13P2/c22-15-7-1-2-29(16(7)25-5-24-15)19-12(32)13-9(41-19)4-39-45(36,37)43-14-11(31)8(3-38-44(34,35)42-13)40-20(14)30-6-26-10-17(30)27-21(23)28-18(10)33/h1-2,5-6,8-14,19-20,31-32H,3-4H2,(H,34,35)(H,36,37)(H2,23,28,33)/t8-,9-,10?,11-,12-,13-,14-,19-,20-/m1/s1. The number of aliphatic imine (C=N–C) groups is 2. The molecule has 3 saturated heterocycles. The number of hydrogen-bond acceptors (Lipinski definition) is 16. The van der Waals surface area contributed by atoms with Gasteiger partial charge in [0.05, 0.1) is 24.9 Å². The van der Waals surface area contributed by atoms with Crippen molar-refractivity contribution in [2.75, 3.05) is 13.2 Å². The summed E-state index contributed by atoms with van der Waals surface area (Å²) in [5, 5.41) is 32.6. The maximum atomic E-state index is 13.2. The largest absolute Gasteiger partial charge is 0.472 e. The van der Waals surface area contributed by atoms with Gasteiger partial charge >= 0.3 is 15.6 Å². The molecule has 45 heavy (non-hydrogen) atoms. The van der Waals surface area contributed by atoms with Crippen LogP contribution in [0.5, 0.6) is 0 Å². The van der Waals surface area contributed by atoms with E-state index >= 15 is 0 Å². The van der Waals surface area contributed by atoms with Crippen LogP contribution in [0.3, 0.4) is 0 Å².